The largest absolute Gasteiger partial charge is 0.355 e. The van der Waals surface area contributed by atoms with E-state index >= 15 is 0 Å². The van der Waals surface area contributed by atoms with Crippen molar-refractivity contribution in [1.82, 2.24) is 24.4 Å². The Hall–Kier alpha value is -3.52. The lowest BCUT2D eigenvalue weighted by Gasteiger charge is -2.44. The molecule has 3 aromatic heterocycles. The van der Waals surface area contributed by atoms with E-state index in [-0.39, 0.29) is 23.9 Å². The summed E-state index contributed by atoms with van der Waals surface area (Å²) < 4.78 is 1.62. The van der Waals surface area contributed by atoms with E-state index in [4.69, 9.17) is 16.6 Å². The van der Waals surface area contributed by atoms with Gasteiger partial charge in [-0.3, -0.25) is 9.78 Å². The second-order valence-electron chi connectivity index (χ2n) is 11.3. The van der Waals surface area contributed by atoms with Crippen LogP contribution >= 0.6 is 11.6 Å². The van der Waals surface area contributed by atoms with E-state index in [1.807, 2.05) is 37.8 Å². The van der Waals surface area contributed by atoms with Gasteiger partial charge in [0.25, 0.3) is 0 Å². The molecule has 210 valence electrons. The highest BCUT2D eigenvalue weighted by Gasteiger charge is 2.34. The Morgan fingerprint density at radius 2 is 1.95 bits per heavy atom. The summed E-state index contributed by atoms with van der Waals surface area (Å²) in [5.41, 5.74) is 4.38. The lowest BCUT2D eigenvalue weighted by molar-refractivity contribution is -0.128. The van der Waals surface area contributed by atoms with Crippen molar-refractivity contribution in [2.45, 2.75) is 78.3 Å². The van der Waals surface area contributed by atoms with Crippen LogP contribution in [0, 0.1) is 6.92 Å². The van der Waals surface area contributed by atoms with Crippen molar-refractivity contribution in [3.63, 3.8) is 0 Å². The molecule has 3 aromatic rings. The minimum Gasteiger partial charge on any atom is -0.349 e. The number of piperazine rings is 1. The smallest absolute Gasteiger partial charge is 0.349 e. The minimum atomic E-state index is -0.414. The molecule has 1 fully saturated rings. The number of hydrogen-bond donors (Lipinski definition) is 0. The normalized spacial score (nSPS) is 19.7. The second kappa shape index (κ2) is 11.2. The molecule has 40 heavy (non-hydrogen) atoms. The highest BCUT2D eigenvalue weighted by atomic mass is 35.5. The summed E-state index contributed by atoms with van der Waals surface area (Å²) in [7, 11) is 0. The highest BCUT2D eigenvalue weighted by molar-refractivity contribution is 6.33. The fourth-order valence-electron chi connectivity index (χ4n) is 5.94. The third-order valence-corrected chi connectivity index (χ3v) is 8.33. The van der Waals surface area contributed by atoms with Gasteiger partial charge in [0.05, 0.1) is 27.5 Å². The number of allylic oxidation sites excluding steroid dienone is 2. The van der Waals surface area contributed by atoms with Crippen molar-refractivity contribution in [2.24, 2.45) is 0 Å². The zero-order valence-corrected chi connectivity index (χ0v) is 24.7. The maximum Gasteiger partial charge on any atom is 0.355 e. The lowest BCUT2D eigenvalue weighted by Crippen LogP contribution is -2.58. The molecule has 5 rings (SSSR count). The molecular weight excluding hydrogens is 524 g/mol. The molecule has 0 bridgehead atoms. The number of pyridine rings is 2. The Morgan fingerprint density at radius 1 is 1.18 bits per heavy atom. The third kappa shape index (κ3) is 4.94. The van der Waals surface area contributed by atoms with Crippen LogP contribution in [0.2, 0.25) is 5.02 Å². The molecule has 0 aromatic carbocycles. The molecule has 2 atom stereocenters. The second-order valence-corrected chi connectivity index (χ2v) is 11.7. The van der Waals surface area contributed by atoms with Crippen LogP contribution in [0.25, 0.3) is 22.3 Å². The average Bonchev–Trinajstić information content (AvgIpc) is 2.94. The molecule has 0 unspecified atom stereocenters. The minimum absolute atomic E-state index is 0.0840. The van der Waals surface area contributed by atoms with Crippen molar-refractivity contribution < 1.29 is 4.79 Å². The molecule has 0 N–H and O–H groups in total. The molecule has 1 aliphatic carbocycles. The van der Waals surface area contributed by atoms with Gasteiger partial charge in [-0.05, 0) is 81.7 Å². The zero-order chi connectivity index (χ0) is 28.7. The molecule has 0 spiro atoms. The number of halogens is 1. The van der Waals surface area contributed by atoms with Crippen molar-refractivity contribution in [3.05, 3.63) is 69.5 Å². The summed E-state index contributed by atoms with van der Waals surface area (Å²) in [6.07, 6.45) is 9.46. The van der Waals surface area contributed by atoms with Crippen molar-refractivity contribution >= 4 is 39.9 Å². The van der Waals surface area contributed by atoms with Crippen molar-refractivity contribution in [3.8, 4) is 5.69 Å². The summed E-state index contributed by atoms with van der Waals surface area (Å²) in [6, 6.07) is 3.64. The van der Waals surface area contributed by atoms with E-state index in [1.54, 1.807) is 10.8 Å². The van der Waals surface area contributed by atoms with Gasteiger partial charge in [-0.2, -0.15) is 4.98 Å². The molecule has 1 amide bonds. The molecule has 4 heterocycles. The van der Waals surface area contributed by atoms with E-state index in [0.29, 0.717) is 40.7 Å². The summed E-state index contributed by atoms with van der Waals surface area (Å²) in [5.74, 6) is 0.517. The quantitative estimate of drug-likeness (QED) is 0.365. The third-order valence-electron chi connectivity index (χ3n) is 8.04. The maximum atomic E-state index is 14.0. The number of carbonyl (C=O) groups is 1. The summed E-state index contributed by atoms with van der Waals surface area (Å²) in [6.45, 7) is 14.8. The van der Waals surface area contributed by atoms with Crippen LogP contribution in [0.5, 0.6) is 0 Å². The number of amides is 1. The highest BCUT2D eigenvalue weighted by Crippen LogP contribution is 2.36. The fourth-order valence-corrected chi connectivity index (χ4v) is 6.21. The molecule has 1 aliphatic heterocycles. The summed E-state index contributed by atoms with van der Waals surface area (Å²) >= 11 is 6.93. The van der Waals surface area contributed by atoms with Gasteiger partial charge >= 0.3 is 5.69 Å². The monoisotopic (exact) mass is 560 g/mol. The van der Waals surface area contributed by atoms with Crippen LogP contribution in [0.15, 0.2) is 41.9 Å². The number of rotatable bonds is 5. The Labute approximate surface area is 240 Å². The lowest BCUT2D eigenvalue weighted by atomic mass is 9.96. The van der Waals surface area contributed by atoms with Crippen LogP contribution in [-0.2, 0) is 4.79 Å². The number of nitrogens with zero attached hydrogens (tertiary/aromatic N) is 6. The van der Waals surface area contributed by atoms with Crippen molar-refractivity contribution in [2.75, 3.05) is 18.0 Å². The Balaban J connectivity index is 1.79. The molecule has 0 saturated carbocycles. The first-order valence-electron chi connectivity index (χ1n) is 14.1. The van der Waals surface area contributed by atoms with Crippen molar-refractivity contribution in [1.29, 1.82) is 0 Å². The zero-order valence-electron chi connectivity index (χ0n) is 23.9. The predicted molar refractivity (Wildman–Crippen MR) is 161 cm³/mol. The molecule has 1 saturated heterocycles. The van der Waals surface area contributed by atoms with Crippen LogP contribution in [0.3, 0.4) is 0 Å². The SMILES string of the molecule is C=CC(=O)N1C[C@H](C)N(c2nc(=O)n(-c3c(C)ccnc3C(C)C)c3nc(C4=CCCCC4)c(Cl)cc23)C[C@H]1C. The van der Waals surface area contributed by atoms with Gasteiger partial charge < -0.3 is 9.80 Å². The van der Waals surface area contributed by atoms with Gasteiger partial charge in [0.15, 0.2) is 5.65 Å². The molecule has 0 radical (unpaired) electrons. The molecule has 8 nitrogen and oxygen atoms in total. The summed E-state index contributed by atoms with van der Waals surface area (Å²) in [4.78, 5) is 44.9. The van der Waals surface area contributed by atoms with Gasteiger partial charge in [-0.25, -0.2) is 14.3 Å². The van der Waals surface area contributed by atoms with Gasteiger partial charge in [0, 0.05) is 31.4 Å². The number of hydrogen-bond acceptors (Lipinski definition) is 6. The van der Waals surface area contributed by atoms with E-state index in [1.165, 1.54) is 6.08 Å². The number of carbonyl (C=O) groups excluding carboxylic acids is 1. The Bertz CT molecular complexity index is 1580. The molecular formula is C31H37ClN6O2. The van der Waals surface area contributed by atoms with Gasteiger partial charge in [0.1, 0.15) is 5.82 Å². The summed E-state index contributed by atoms with van der Waals surface area (Å²) in [5, 5.41) is 1.24. The van der Waals surface area contributed by atoms with E-state index in [0.717, 1.165) is 48.2 Å². The maximum absolute atomic E-state index is 14.0. The van der Waals surface area contributed by atoms with Gasteiger partial charge in [-0.15, -0.1) is 0 Å². The van der Waals surface area contributed by atoms with Crippen LogP contribution in [-0.4, -0.2) is 55.5 Å². The first kappa shape index (κ1) is 28.0. The van der Waals surface area contributed by atoms with Crippen LogP contribution < -0.4 is 10.6 Å². The average molecular weight is 561 g/mol. The van der Waals surface area contributed by atoms with Gasteiger partial charge in [0.2, 0.25) is 5.91 Å². The van der Waals surface area contributed by atoms with E-state index in [2.05, 4.69) is 41.4 Å². The molecule has 9 heteroatoms. The number of anilines is 1. The Morgan fingerprint density at radius 3 is 2.62 bits per heavy atom. The molecule has 2 aliphatic rings. The number of aromatic nitrogens is 4. The fraction of sp³-hybridized carbons (Fsp3) is 0.452. The first-order valence-corrected chi connectivity index (χ1v) is 14.5. The van der Waals surface area contributed by atoms with Crippen LogP contribution in [0.4, 0.5) is 5.82 Å². The van der Waals surface area contributed by atoms with Gasteiger partial charge in [-0.1, -0.05) is 38.1 Å². The topological polar surface area (TPSA) is 84.2 Å². The standard InChI is InChI=1S/C31H37ClN6O2/c1-7-25(39)36-16-21(6)37(17-20(36)5)29-23-15-24(32)27(22-11-9-8-10-12-22)34-30(23)38(31(40)35-29)28-19(4)13-14-33-26(28)18(2)3/h7,11,13-15,18,20-21H,1,8-10,12,16-17H2,2-6H3/t20-,21+/m1/s1. The predicted octanol–water partition coefficient (Wildman–Crippen LogP) is 5.83. The number of fused-ring (bicyclic) bond motifs is 1. The Kier molecular flexibility index (Phi) is 7.82. The van der Waals surface area contributed by atoms with Crippen LogP contribution in [0.1, 0.15) is 76.2 Å². The van der Waals surface area contributed by atoms with E-state index in [9.17, 15) is 9.59 Å². The number of aryl methyl sites for hydroxylation is 1. The van der Waals surface area contributed by atoms with E-state index < -0.39 is 5.69 Å². The first-order chi connectivity index (χ1) is 19.1.